The molecule has 0 radical (unpaired) electrons. The number of benzene rings is 1. The number of imide groups is 1. The average Bonchev–Trinajstić information content (AvgIpc) is 2.96. The number of carbonyl (C=O) groups excluding carboxylic acids is 2. The number of aromatic nitrogens is 2. The van der Waals surface area contributed by atoms with Crippen LogP contribution in [0.2, 0.25) is 0 Å². The molecule has 24 heavy (non-hydrogen) atoms. The van der Waals surface area contributed by atoms with Crippen LogP contribution in [-0.4, -0.2) is 33.9 Å². The van der Waals surface area contributed by atoms with Gasteiger partial charge in [0.05, 0.1) is 5.25 Å². The summed E-state index contributed by atoms with van der Waals surface area (Å²) in [5.74, 6) is -0.366. The summed E-state index contributed by atoms with van der Waals surface area (Å²) in [6.45, 7) is 5.99. The van der Waals surface area contributed by atoms with E-state index >= 15 is 0 Å². The van der Waals surface area contributed by atoms with Crippen molar-refractivity contribution in [3.05, 3.63) is 29.8 Å². The molecule has 3 N–H and O–H groups in total. The molecule has 1 atom stereocenters. The van der Waals surface area contributed by atoms with Crippen LogP contribution in [0.15, 0.2) is 28.6 Å². The van der Waals surface area contributed by atoms with E-state index in [4.69, 9.17) is 0 Å². The number of aryl methyl sites for hydroxylation is 1. The molecule has 2 aromatic rings. The van der Waals surface area contributed by atoms with Gasteiger partial charge >= 0.3 is 6.03 Å². The highest BCUT2D eigenvalue weighted by molar-refractivity contribution is 8.02. The minimum atomic E-state index is -0.492. The first-order chi connectivity index (χ1) is 11.5. The van der Waals surface area contributed by atoms with Gasteiger partial charge in [-0.05, 0) is 32.9 Å². The van der Waals surface area contributed by atoms with Crippen molar-refractivity contribution in [1.29, 1.82) is 0 Å². The van der Waals surface area contributed by atoms with Crippen LogP contribution in [0.3, 0.4) is 0 Å². The Morgan fingerprint density at radius 1 is 1.25 bits per heavy atom. The van der Waals surface area contributed by atoms with Crippen LogP contribution in [0.1, 0.15) is 19.4 Å². The fourth-order valence-corrected chi connectivity index (χ4v) is 3.61. The number of urea groups is 1. The van der Waals surface area contributed by atoms with E-state index in [2.05, 4.69) is 26.1 Å². The van der Waals surface area contributed by atoms with Crippen molar-refractivity contribution in [2.75, 3.05) is 11.9 Å². The summed E-state index contributed by atoms with van der Waals surface area (Å²) in [5.41, 5.74) is 2.11. The van der Waals surface area contributed by atoms with Gasteiger partial charge < -0.3 is 10.6 Å². The van der Waals surface area contributed by atoms with Gasteiger partial charge in [0, 0.05) is 12.2 Å². The third kappa shape index (κ3) is 5.50. The largest absolute Gasteiger partial charge is 0.338 e. The smallest absolute Gasteiger partial charge is 0.321 e. The van der Waals surface area contributed by atoms with Gasteiger partial charge in [0.2, 0.25) is 11.0 Å². The minimum absolute atomic E-state index is 0.366. The predicted octanol–water partition coefficient (Wildman–Crippen LogP) is 2.92. The van der Waals surface area contributed by atoms with Crippen molar-refractivity contribution in [2.24, 2.45) is 0 Å². The van der Waals surface area contributed by atoms with E-state index in [9.17, 15) is 9.59 Å². The van der Waals surface area contributed by atoms with Gasteiger partial charge in [-0.1, -0.05) is 40.8 Å². The zero-order valence-corrected chi connectivity index (χ0v) is 15.3. The summed E-state index contributed by atoms with van der Waals surface area (Å²) >= 11 is 2.61. The summed E-state index contributed by atoms with van der Waals surface area (Å²) in [7, 11) is 0. The summed E-state index contributed by atoms with van der Waals surface area (Å²) in [6, 6.07) is 7.45. The summed E-state index contributed by atoms with van der Waals surface area (Å²) in [6.07, 6.45) is 0. The van der Waals surface area contributed by atoms with Crippen molar-refractivity contribution >= 4 is 45.9 Å². The Morgan fingerprint density at radius 2 is 1.96 bits per heavy atom. The molecule has 0 spiro atoms. The summed E-state index contributed by atoms with van der Waals surface area (Å²) in [5, 5.41) is 16.3. The maximum Gasteiger partial charge on any atom is 0.321 e. The monoisotopic (exact) mass is 365 g/mol. The molecule has 1 aromatic heterocycles. The maximum atomic E-state index is 11.9. The molecular weight excluding hydrogens is 346 g/mol. The number of rotatable bonds is 6. The van der Waals surface area contributed by atoms with Crippen molar-refractivity contribution in [3.8, 4) is 0 Å². The lowest BCUT2D eigenvalue weighted by molar-refractivity contribution is -0.119. The molecule has 0 fully saturated rings. The minimum Gasteiger partial charge on any atom is -0.338 e. The Labute approximate surface area is 148 Å². The summed E-state index contributed by atoms with van der Waals surface area (Å²) < 4.78 is 0.656. The molecule has 128 valence electrons. The molecule has 1 heterocycles. The zero-order chi connectivity index (χ0) is 17.5. The molecule has 0 aliphatic carbocycles. The maximum absolute atomic E-state index is 11.9. The van der Waals surface area contributed by atoms with Crippen LogP contribution in [0.25, 0.3) is 0 Å². The fraction of sp³-hybridized carbons (Fsp3) is 0.333. The van der Waals surface area contributed by atoms with Gasteiger partial charge in [0.25, 0.3) is 0 Å². The fourth-order valence-electron chi connectivity index (χ4n) is 1.69. The van der Waals surface area contributed by atoms with Gasteiger partial charge in [-0.25, -0.2) is 4.79 Å². The molecule has 1 aromatic carbocycles. The van der Waals surface area contributed by atoms with Crippen molar-refractivity contribution in [3.63, 3.8) is 0 Å². The first-order valence-electron chi connectivity index (χ1n) is 7.40. The number of anilines is 2. The lowest BCUT2D eigenvalue weighted by Gasteiger charge is -2.09. The molecule has 0 aliphatic rings. The molecule has 1 unspecified atom stereocenters. The highest BCUT2D eigenvalue weighted by Gasteiger charge is 2.19. The number of nitrogens with zero attached hydrogens (tertiary/aromatic N) is 2. The van der Waals surface area contributed by atoms with E-state index in [0.717, 1.165) is 5.69 Å². The lowest BCUT2D eigenvalue weighted by Crippen LogP contribution is -2.42. The van der Waals surface area contributed by atoms with Gasteiger partial charge in [0.1, 0.15) is 0 Å². The molecule has 0 bridgehead atoms. The number of hydrogen-bond donors (Lipinski definition) is 3. The topological polar surface area (TPSA) is 96.0 Å². The highest BCUT2D eigenvalue weighted by atomic mass is 32.2. The predicted molar refractivity (Wildman–Crippen MR) is 96.9 cm³/mol. The quantitative estimate of drug-likeness (QED) is 0.681. The SMILES string of the molecule is CCNC(=O)NC(=O)C(C)Sc1nnc(Nc2ccc(C)cc2)s1. The van der Waals surface area contributed by atoms with E-state index in [0.29, 0.717) is 16.0 Å². The van der Waals surface area contributed by atoms with Gasteiger partial charge in [-0.3, -0.25) is 10.1 Å². The Morgan fingerprint density at radius 3 is 2.62 bits per heavy atom. The number of amides is 3. The third-order valence-corrected chi connectivity index (χ3v) is 4.95. The highest BCUT2D eigenvalue weighted by Crippen LogP contribution is 2.30. The van der Waals surface area contributed by atoms with Crippen LogP contribution in [-0.2, 0) is 4.79 Å². The van der Waals surface area contributed by atoms with Crippen LogP contribution in [0, 0.1) is 6.92 Å². The standard InChI is InChI=1S/C15H19N5O2S2/c1-4-16-13(22)18-12(21)10(3)23-15-20-19-14(24-15)17-11-7-5-9(2)6-8-11/h5-8,10H,4H2,1-3H3,(H,17,19)(H2,16,18,21,22). The van der Waals surface area contributed by atoms with E-state index < -0.39 is 11.3 Å². The van der Waals surface area contributed by atoms with E-state index in [1.54, 1.807) is 13.8 Å². The van der Waals surface area contributed by atoms with E-state index in [1.807, 2.05) is 31.2 Å². The molecule has 3 amide bonds. The van der Waals surface area contributed by atoms with E-state index in [-0.39, 0.29) is 5.91 Å². The number of thioether (sulfide) groups is 1. The van der Waals surface area contributed by atoms with E-state index in [1.165, 1.54) is 28.7 Å². The second kappa shape index (κ2) is 8.65. The van der Waals surface area contributed by atoms with Crippen molar-refractivity contribution in [1.82, 2.24) is 20.8 Å². The van der Waals surface area contributed by atoms with Gasteiger partial charge in [-0.2, -0.15) is 0 Å². The molecule has 2 rings (SSSR count). The summed E-state index contributed by atoms with van der Waals surface area (Å²) in [4.78, 5) is 23.3. The second-order valence-corrected chi connectivity index (χ2v) is 7.54. The van der Waals surface area contributed by atoms with Crippen LogP contribution in [0.4, 0.5) is 15.6 Å². The van der Waals surface area contributed by atoms with Crippen LogP contribution < -0.4 is 16.0 Å². The molecule has 0 saturated carbocycles. The van der Waals surface area contributed by atoms with Crippen LogP contribution in [0.5, 0.6) is 0 Å². The van der Waals surface area contributed by atoms with Crippen molar-refractivity contribution < 1.29 is 9.59 Å². The Hall–Kier alpha value is -2.13. The Kier molecular flexibility index (Phi) is 6.56. The molecule has 9 heteroatoms. The molecular formula is C15H19N5O2S2. The second-order valence-electron chi connectivity index (χ2n) is 4.97. The number of hydrogen-bond acceptors (Lipinski definition) is 7. The average molecular weight is 365 g/mol. The van der Waals surface area contributed by atoms with Gasteiger partial charge in [0.15, 0.2) is 4.34 Å². The molecule has 0 saturated heterocycles. The molecule has 7 nitrogen and oxygen atoms in total. The Bertz CT molecular complexity index is 702. The van der Waals surface area contributed by atoms with Crippen LogP contribution >= 0.6 is 23.1 Å². The van der Waals surface area contributed by atoms with Crippen molar-refractivity contribution in [2.45, 2.75) is 30.4 Å². The number of carbonyl (C=O) groups is 2. The number of nitrogens with one attached hydrogen (secondary N) is 3. The molecule has 0 aliphatic heterocycles. The van der Waals surface area contributed by atoms with Gasteiger partial charge in [-0.15, -0.1) is 10.2 Å². The first-order valence-corrected chi connectivity index (χ1v) is 9.10. The zero-order valence-electron chi connectivity index (χ0n) is 13.6. The Balaban J connectivity index is 1.89. The first kappa shape index (κ1) is 18.2. The normalized spacial score (nSPS) is 11.6. The lowest BCUT2D eigenvalue weighted by atomic mass is 10.2. The third-order valence-electron chi connectivity index (χ3n) is 2.93.